The lowest BCUT2D eigenvalue weighted by Crippen LogP contribution is -2.25. The van der Waals surface area contributed by atoms with Crippen molar-refractivity contribution in [1.82, 2.24) is 19.9 Å². The van der Waals surface area contributed by atoms with E-state index in [1.54, 1.807) is 11.6 Å². The number of aromatic nitrogens is 3. The van der Waals surface area contributed by atoms with Crippen LogP contribution in [0.1, 0.15) is 39.5 Å². The van der Waals surface area contributed by atoms with Crippen LogP contribution in [0, 0.1) is 6.92 Å². The Balaban J connectivity index is 1.67. The molecule has 26 heavy (non-hydrogen) atoms. The summed E-state index contributed by atoms with van der Waals surface area (Å²) in [6.45, 7) is 1.82. The fourth-order valence-corrected chi connectivity index (χ4v) is 3.65. The number of carbonyl (C=O) groups is 1. The Morgan fingerprint density at radius 2 is 2.08 bits per heavy atom. The summed E-state index contributed by atoms with van der Waals surface area (Å²) in [5, 5.41) is 7.42. The third-order valence-electron chi connectivity index (χ3n) is 4.34. The molecule has 0 bridgehead atoms. The van der Waals surface area contributed by atoms with E-state index in [4.69, 9.17) is 4.74 Å². The number of aryl methyl sites for hydroxylation is 1. The van der Waals surface area contributed by atoms with E-state index >= 15 is 0 Å². The van der Waals surface area contributed by atoms with Crippen molar-refractivity contribution in [1.29, 1.82) is 0 Å². The number of methoxy groups -OCH3 is 1. The van der Waals surface area contributed by atoms with Gasteiger partial charge in [0.25, 0.3) is 11.5 Å². The molecular weight excluding hydrogens is 352 g/mol. The minimum absolute atomic E-state index is 0.119. The highest BCUT2D eigenvalue weighted by atomic mass is 32.1. The van der Waals surface area contributed by atoms with E-state index in [1.807, 2.05) is 31.2 Å². The van der Waals surface area contributed by atoms with E-state index in [0.29, 0.717) is 27.6 Å². The lowest BCUT2D eigenvalue weighted by atomic mass is 10.1. The third-order valence-corrected chi connectivity index (χ3v) is 5.47. The van der Waals surface area contributed by atoms with Crippen LogP contribution in [0.3, 0.4) is 0 Å². The van der Waals surface area contributed by atoms with Crippen molar-refractivity contribution in [2.75, 3.05) is 7.11 Å². The van der Waals surface area contributed by atoms with Crippen LogP contribution in [0.25, 0.3) is 4.96 Å². The van der Waals surface area contributed by atoms with Crippen molar-refractivity contribution in [3.8, 4) is 5.75 Å². The summed E-state index contributed by atoms with van der Waals surface area (Å²) in [6.07, 6.45) is 2.42. The molecule has 2 heterocycles. The van der Waals surface area contributed by atoms with Gasteiger partial charge in [-0.25, -0.2) is 4.52 Å². The Bertz CT molecular complexity index is 1040. The van der Waals surface area contributed by atoms with Crippen LogP contribution in [0.15, 0.2) is 29.1 Å². The standard InChI is InChI=1S/C18H18N4O3S/c1-10-15(17(24)19-12-5-6-12)26-18-20-16(23)14(21-22(10)18)9-11-3-7-13(25-2)8-4-11/h3-4,7-8,12H,5-6,9H2,1-2H3,(H,19,24). The summed E-state index contributed by atoms with van der Waals surface area (Å²) in [5.74, 6) is 0.637. The lowest BCUT2D eigenvalue weighted by molar-refractivity contribution is 0.0954. The quantitative estimate of drug-likeness (QED) is 0.742. The molecule has 134 valence electrons. The van der Waals surface area contributed by atoms with Gasteiger partial charge in [0.1, 0.15) is 16.3 Å². The van der Waals surface area contributed by atoms with Crippen LogP contribution in [0.5, 0.6) is 5.75 Å². The van der Waals surface area contributed by atoms with E-state index in [-0.39, 0.29) is 17.5 Å². The van der Waals surface area contributed by atoms with Crippen molar-refractivity contribution < 1.29 is 9.53 Å². The maximum absolute atomic E-state index is 12.3. The molecule has 1 fully saturated rings. The van der Waals surface area contributed by atoms with Crippen molar-refractivity contribution >= 4 is 22.2 Å². The summed E-state index contributed by atoms with van der Waals surface area (Å²) in [4.78, 5) is 29.8. The Morgan fingerprint density at radius 3 is 2.73 bits per heavy atom. The second-order valence-corrected chi connectivity index (χ2v) is 7.32. The Morgan fingerprint density at radius 1 is 1.35 bits per heavy atom. The molecule has 0 saturated heterocycles. The molecule has 1 aliphatic carbocycles. The molecule has 1 saturated carbocycles. The van der Waals surface area contributed by atoms with Gasteiger partial charge in [0.2, 0.25) is 4.96 Å². The second-order valence-electron chi connectivity index (χ2n) is 6.35. The first-order valence-electron chi connectivity index (χ1n) is 8.38. The predicted octanol–water partition coefficient (Wildman–Crippen LogP) is 1.95. The molecule has 0 aliphatic heterocycles. The highest BCUT2D eigenvalue weighted by Crippen LogP contribution is 2.24. The van der Waals surface area contributed by atoms with Crippen molar-refractivity contribution in [2.45, 2.75) is 32.2 Å². The number of hydrogen-bond donors (Lipinski definition) is 1. The number of thiazole rings is 1. The molecule has 0 atom stereocenters. The molecule has 0 radical (unpaired) electrons. The van der Waals surface area contributed by atoms with Crippen LogP contribution >= 0.6 is 11.3 Å². The van der Waals surface area contributed by atoms with Gasteiger partial charge in [-0.15, -0.1) is 0 Å². The second kappa shape index (κ2) is 6.53. The molecule has 0 spiro atoms. The van der Waals surface area contributed by atoms with Crippen molar-refractivity contribution in [2.24, 2.45) is 0 Å². The number of amides is 1. The number of rotatable bonds is 5. The first-order chi connectivity index (χ1) is 12.5. The highest BCUT2D eigenvalue weighted by molar-refractivity contribution is 7.19. The maximum Gasteiger partial charge on any atom is 0.296 e. The summed E-state index contributed by atoms with van der Waals surface area (Å²) >= 11 is 1.20. The number of fused-ring (bicyclic) bond motifs is 1. The highest BCUT2D eigenvalue weighted by Gasteiger charge is 2.26. The monoisotopic (exact) mass is 370 g/mol. The molecule has 2 aromatic heterocycles. The molecule has 8 heteroatoms. The van der Waals surface area contributed by atoms with E-state index in [1.165, 1.54) is 11.3 Å². The molecule has 0 unspecified atom stereocenters. The number of benzene rings is 1. The molecule has 1 amide bonds. The number of nitrogens with zero attached hydrogens (tertiary/aromatic N) is 3. The fraction of sp³-hybridized carbons (Fsp3) is 0.333. The molecule has 3 aromatic rings. The van der Waals surface area contributed by atoms with Gasteiger partial charge >= 0.3 is 0 Å². The van der Waals surface area contributed by atoms with E-state index < -0.39 is 0 Å². The smallest absolute Gasteiger partial charge is 0.296 e. The van der Waals surface area contributed by atoms with Gasteiger partial charge in [-0.2, -0.15) is 10.1 Å². The third kappa shape index (κ3) is 3.20. The van der Waals surface area contributed by atoms with Crippen LogP contribution in [-0.2, 0) is 6.42 Å². The van der Waals surface area contributed by atoms with Gasteiger partial charge in [-0.05, 0) is 37.5 Å². The lowest BCUT2D eigenvalue weighted by Gasteiger charge is -2.04. The molecule has 1 aliphatic rings. The average molecular weight is 370 g/mol. The van der Waals surface area contributed by atoms with Crippen molar-refractivity contribution in [3.05, 3.63) is 56.4 Å². The normalized spacial score (nSPS) is 13.8. The number of nitrogens with one attached hydrogen (secondary N) is 1. The minimum Gasteiger partial charge on any atom is -0.497 e. The summed E-state index contributed by atoms with van der Waals surface area (Å²) in [6, 6.07) is 7.75. The Kier molecular flexibility index (Phi) is 4.20. The maximum atomic E-state index is 12.3. The van der Waals surface area contributed by atoms with Crippen LogP contribution < -0.4 is 15.6 Å². The minimum atomic E-state index is -0.365. The fourth-order valence-electron chi connectivity index (χ4n) is 2.69. The van der Waals surface area contributed by atoms with Gasteiger partial charge < -0.3 is 10.1 Å². The van der Waals surface area contributed by atoms with Gasteiger partial charge in [0.05, 0.1) is 12.8 Å². The predicted molar refractivity (Wildman–Crippen MR) is 98.2 cm³/mol. The topological polar surface area (TPSA) is 85.6 Å². The Hall–Kier alpha value is -2.74. The van der Waals surface area contributed by atoms with Crippen LogP contribution in [0.4, 0.5) is 0 Å². The molecule has 1 aromatic carbocycles. The molecule has 4 rings (SSSR count). The van der Waals surface area contributed by atoms with Gasteiger partial charge in [0.15, 0.2) is 0 Å². The summed E-state index contributed by atoms with van der Waals surface area (Å²) in [7, 11) is 1.61. The molecule has 1 N–H and O–H groups in total. The Labute approximate surface area is 153 Å². The summed E-state index contributed by atoms with van der Waals surface area (Å²) < 4.78 is 6.73. The zero-order chi connectivity index (χ0) is 18.3. The number of ether oxygens (including phenoxy) is 1. The van der Waals surface area contributed by atoms with E-state index in [9.17, 15) is 9.59 Å². The zero-order valence-electron chi connectivity index (χ0n) is 14.5. The first kappa shape index (κ1) is 16.7. The average Bonchev–Trinajstić information content (AvgIpc) is 3.39. The van der Waals surface area contributed by atoms with Gasteiger partial charge in [-0.3, -0.25) is 9.59 Å². The van der Waals surface area contributed by atoms with Crippen LogP contribution in [0.2, 0.25) is 0 Å². The number of carbonyl (C=O) groups excluding carboxylic acids is 1. The molecule has 7 nitrogen and oxygen atoms in total. The first-order valence-corrected chi connectivity index (χ1v) is 9.20. The van der Waals surface area contributed by atoms with E-state index in [0.717, 1.165) is 24.2 Å². The SMILES string of the molecule is COc1ccc(Cc2nn3c(C)c(C(=O)NC4CC4)sc3nc2=O)cc1. The summed E-state index contributed by atoms with van der Waals surface area (Å²) in [5.41, 5.74) is 1.63. The zero-order valence-corrected chi connectivity index (χ0v) is 15.3. The largest absolute Gasteiger partial charge is 0.497 e. The number of hydrogen-bond acceptors (Lipinski definition) is 6. The van der Waals surface area contributed by atoms with E-state index in [2.05, 4.69) is 15.4 Å². The van der Waals surface area contributed by atoms with Gasteiger partial charge in [0, 0.05) is 12.5 Å². The van der Waals surface area contributed by atoms with Crippen LogP contribution in [-0.4, -0.2) is 33.7 Å². The van der Waals surface area contributed by atoms with Crippen molar-refractivity contribution in [3.63, 3.8) is 0 Å². The van der Waals surface area contributed by atoms with Gasteiger partial charge in [-0.1, -0.05) is 23.5 Å². The molecular formula is C18H18N4O3S.